The number of piperidine rings is 1. The van der Waals surface area contributed by atoms with Gasteiger partial charge in [-0.05, 0) is 64.9 Å². The highest BCUT2D eigenvalue weighted by Gasteiger charge is 2.23. The van der Waals surface area contributed by atoms with Crippen molar-refractivity contribution in [1.82, 2.24) is 30.1 Å². The fourth-order valence-corrected chi connectivity index (χ4v) is 3.77. The molecule has 1 amide bonds. The molecular formula is C20H25N7O. The average molecular weight is 379 g/mol. The quantitative estimate of drug-likeness (QED) is 0.727. The summed E-state index contributed by atoms with van der Waals surface area (Å²) in [5.41, 5.74) is 4.61. The summed E-state index contributed by atoms with van der Waals surface area (Å²) in [6.45, 7) is 7.77. The number of nitrogens with one attached hydrogen (secondary N) is 2. The zero-order valence-corrected chi connectivity index (χ0v) is 16.4. The van der Waals surface area contributed by atoms with Gasteiger partial charge in [-0.2, -0.15) is 5.10 Å². The number of carbonyl (C=O) groups excluding carboxylic acids is 1. The van der Waals surface area contributed by atoms with Crippen LogP contribution in [0.3, 0.4) is 0 Å². The average Bonchev–Trinajstić information content (AvgIpc) is 3.24. The molecule has 0 spiro atoms. The molecule has 3 heterocycles. The van der Waals surface area contributed by atoms with Crippen LogP contribution in [0.1, 0.15) is 46.5 Å². The lowest BCUT2D eigenvalue weighted by Gasteiger charge is -2.23. The van der Waals surface area contributed by atoms with Gasteiger partial charge < -0.3 is 10.6 Å². The SMILES string of the molecule is Cc1cc(C)n(-c2ccccc2NC(=O)c2nnn(C3CCNCC3)c2C)n1. The Balaban J connectivity index is 1.60. The fraction of sp³-hybridized carbons (Fsp3) is 0.400. The van der Waals surface area contributed by atoms with Crippen molar-refractivity contribution >= 4 is 11.6 Å². The standard InChI is InChI=1S/C20H25N7O/c1-13-12-14(2)26(24-13)18-7-5-4-6-17(18)22-20(28)19-15(3)27(25-23-19)16-8-10-21-11-9-16/h4-7,12,16,21H,8-11H2,1-3H3,(H,22,28). The van der Waals surface area contributed by atoms with E-state index in [4.69, 9.17) is 0 Å². The van der Waals surface area contributed by atoms with Gasteiger partial charge in [0.05, 0.1) is 28.8 Å². The Bertz CT molecular complexity index is 998. The number of nitrogens with zero attached hydrogens (tertiary/aromatic N) is 5. The van der Waals surface area contributed by atoms with E-state index in [-0.39, 0.29) is 11.9 Å². The lowest BCUT2D eigenvalue weighted by Crippen LogP contribution is -2.30. The first kappa shape index (κ1) is 18.4. The number of amides is 1. The summed E-state index contributed by atoms with van der Waals surface area (Å²) in [7, 11) is 0. The molecule has 8 nitrogen and oxygen atoms in total. The second-order valence-electron chi connectivity index (χ2n) is 7.26. The van der Waals surface area contributed by atoms with Gasteiger partial charge in [0.1, 0.15) is 0 Å². The molecule has 1 aromatic carbocycles. The van der Waals surface area contributed by atoms with Gasteiger partial charge in [-0.25, -0.2) is 9.36 Å². The summed E-state index contributed by atoms with van der Waals surface area (Å²) in [6, 6.07) is 9.93. The molecule has 0 atom stereocenters. The third-order valence-electron chi connectivity index (χ3n) is 5.19. The van der Waals surface area contributed by atoms with E-state index < -0.39 is 0 Å². The van der Waals surface area contributed by atoms with Gasteiger partial charge in [-0.15, -0.1) is 5.10 Å². The zero-order valence-electron chi connectivity index (χ0n) is 16.4. The van der Waals surface area contributed by atoms with Crippen LogP contribution in [-0.4, -0.2) is 43.8 Å². The maximum atomic E-state index is 12.9. The zero-order chi connectivity index (χ0) is 19.7. The molecule has 0 saturated carbocycles. The Morgan fingerprint density at radius 1 is 1.18 bits per heavy atom. The highest BCUT2D eigenvalue weighted by atomic mass is 16.2. The van der Waals surface area contributed by atoms with Crippen LogP contribution in [0.2, 0.25) is 0 Å². The number of para-hydroxylation sites is 2. The Hall–Kier alpha value is -3.00. The van der Waals surface area contributed by atoms with Crippen molar-refractivity contribution < 1.29 is 4.79 Å². The van der Waals surface area contributed by atoms with Crippen molar-refractivity contribution in [2.75, 3.05) is 18.4 Å². The molecule has 1 saturated heterocycles. The van der Waals surface area contributed by atoms with Gasteiger partial charge in [0.25, 0.3) is 5.91 Å². The van der Waals surface area contributed by atoms with Crippen molar-refractivity contribution in [3.63, 3.8) is 0 Å². The Kier molecular flexibility index (Phi) is 4.95. The Labute approximate surface area is 163 Å². The molecule has 28 heavy (non-hydrogen) atoms. The summed E-state index contributed by atoms with van der Waals surface area (Å²) in [4.78, 5) is 12.9. The van der Waals surface area contributed by atoms with E-state index in [0.717, 1.165) is 48.7 Å². The molecule has 0 unspecified atom stereocenters. The number of benzene rings is 1. The van der Waals surface area contributed by atoms with Crippen LogP contribution in [0.4, 0.5) is 5.69 Å². The predicted molar refractivity (Wildman–Crippen MR) is 107 cm³/mol. The number of rotatable bonds is 4. The van der Waals surface area contributed by atoms with Gasteiger partial charge in [0, 0.05) is 5.69 Å². The lowest BCUT2D eigenvalue weighted by atomic mass is 10.1. The van der Waals surface area contributed by atoms with Gasteiger partial charge in [-0.1, -0.05) is 17.3 Å². The summed E-state index contributed by atoms with van der Waals surface area (Å²) < 4.78 is 3.73. The maximum absolute atomic E-state index is 12.9. The first-order valence-electron chi connectivity index (χ1n) is 9.61. The normalized spacial score (nSPS) is 15.0. The van der Waals surface area contributed by atoms with E-state index in [2.05, 4.69) is 26.0 Å². The van der Waals surface area contributed by atoms with Crippen molar-refractivity contribution in [3.8, 4) is 5.69 Å². The molecule has 1 aliphatic heterocycles. The number of hydrogen-bond donors (Lipinski definition) is 2. The molecular weight excluding hydrogens is 354 g/mol. The Morgan fingerprint density at radius 2 is 1.93 bits per heavy atom. The molecule has 1 aliphatic rings. The smallest absolute Gasteiger partial charge is 0.278 e. The molecule has 0 radical (unpaired) electrons. The second kappa shape index (κ2) is 7.55. The minimum Gasteiger partial charge on any atom is -0.319 e. The summed E-state index contributed by atoms with van der Waals surface area (Å²) in [5.74, 6) is -0.258. The highest BCUT2D eigenvalue weighted by molar-refractivity contribution is 6.04. The molecule has 8 heteroatoms. The van der Waals surface area contributed by atoms with Crippen LogP contribution in [0.15, 0.2) is 30.3 Å². The summed E-state index contributed by atoms with van der Waals surface area (Å²) >= 11 is 0. The van der Waals surface area contributed by atoms with Gasteiger partial charge in [-0.3, -0.25) is 4.79 Å². The molecule has 2 N–H and O–H groups in total. The minimum absolute atomic E-state index is 0.258. The summed E-state index contributed by atoms with van der Waals surface area (Å²) in [6.07, 6.45) is 1.98. The van der Waals surface area contributed by atoms with Crippen LogP contribution in [0.5, 0.6) is 0 Å². The predicted octanol–water partition coefficient (Wildman–Crippen LogP) is 2.57. The van der Waals surface area contributed by atoms with Crippen LogP contribution in [-0.2, 0) is 0 Å². The van der Waals surface area contributed by atoms with Crippen molar-refractivity contribution in [1.29, 1.82) is 0 Å². The van der Waals surface area contributed by atoms with Crippen molar-refractivity contribution in [2.24, 2.45) is 0 Å². The largest absolute Gasteiger partial charge is 0.319 e. The lowest BCUT2D eigenvalue weighted by molar-refractivity contribution is 0.102. The minimum atomic E-state index is -0.258. The third-order valence-corrected chi connectivity index (χ3v) is 5.19. The van der Waals surface area contributed by atoms with E-state index in [1.54, 1.807) is 0 Å². The van der Waals surface area contributed by atoms with Gasteiger partial charge in [0.15, 0.2) is 5.69 Å². The highest BCUT2D eigenvalue weighted by Crippen LogP contribution is 2.24. The molecule has 2 aromatic heterocycles. The number of aryl methyl sites for hydroxylation is 2. The van der Waals surface area contributed by atoms with Crippen LogP contribution >= 0.6 is 0 Å². The number of anilines is 1. The van der Waals surface area contributed by atoms with Crippen molar-refractivity contribution in [2.45, 2.75) is 39.7 Å². The monoisotopic (exact) mass is 379 g/mol. The van der Waals surface area contributed by atoms with E-state index in [9.17, 15) is 4.79 Å². The van der Waals surface area contributed by atoms with Gasteiger partial charge >= 0.3 is 0 Å². The van der Waals surface area contributed by atoms with E-state index in [0.29, 0.717) is 11.4 Å². The number of hydrogen-bond acceptors (Lipinski definition) is 5. The number of aromatic nitrogens is 5. The topological polar surface area (TPSA) is 89.7 Å². The number of carbonyl (C=O) groups is 1. The van der Waals surface area contributed by atoms with E-state index in [1.807, 2.05) is 60.5 Å². The molecule has 0 bridgehead atoms. The van der Waals surface area contributed by atoms with Gasteiger partial charge in [0.2, 0.25) is 0 Å². The third kappa shape index (κ3) is 3.43. The molecule has 146 valence electrons. The van der Waals surface area contributed by atoms with E-state index >= 15 is 0 Å². The first-order chi connectivity index (χ1) is 13.5. The first-order valence-corrected chi connectivity index (χ1v) is 9.61. The summed E-state index contributed by atoms with van der Waals surface area (Å²) in [5, 5.41) is 19.3. The van der Waals surface area contributed by atoms with Crippen LogP contribution in [0.25, 0.3) is 5.69 Å². The Morgan fingerprint density at radius 3 is 2.64 bits per heavy atom. The fourth-order valence-electron chi connectivity index (χ4n) is 3.77. The van der Waals surface area contributed by atoms with Crippen molar-refractivity contribution in [3.05, 3.63) is 53.1 Å². The van der Waals surface area contributed by atoms with E-state index in [1.165, 1.54) is 0 Å². The molecule has 1 fully saturated rings. The second-order valence-corrected chi connectivity index (χ2v) is 7.26. The maximum Gasteiger partial charge on any atom is 0.278 e. The van der Waals surface area contributed by atoms with Crippen LogP contribution in [0, 0.1) is 20.8 Å². The van der Waals surface area contributed by atoms with Crippen LogP contribution < -0.4 is 10.6 Å². The molecule has 0 aliphatic carbocycles. The molecule has 3 aromatic rings. The molecule has 4 rings (SSSR count).